The molecule has 1 unspecified atom stereocenters. The van der Waals surface area contributed by atoms with Crippen molar-refractivity contribution in [3.8, 4) is 17.1 Å². The summed E-state index contributed by atoms with van der Waals surface area (Å²) in [6, 6.07) is 6.23. The van der Waals surface area contributed by atoms with Crippen LogP contribution in [0.1, 0.15) is 6.42 Å². The van der Waals surface area contributed by atoms with Crippen LogP contribution < -0.4 is 9.64 Å². The first-order valence-electron chi connectivity index (χ1n) is 6.77. The number of hydrogen-bond donors (Lipinski definition) is 1. The molecule has 1 atom stereocenters. The van der Waals surface area contributed by atoms with Crippen LogP contribution in [0.4, 0.5) is 10.2 Å². The zero-order valence-corrected chi connectivity index (χ0v) is 11.7. The average Bonchev–Trinajstić information content (AvgIpc) is 2.94. The summed E-state index contributed by atoms with van der Waals surface area (Å²) in [5.41, 5.74) is 0.302. The fourth-order valence-electron chi connectivity index (χ4n) is 2.41. The second-order valence-corrected chi connectivity index (χ2v) is 4.97. The fourth-order valence-corrected chi connectivity index (χ4v) is 2.41. The molecule has 6 heteroatoms. The van der Waals surface area contributed by atoms with Gasteiger partial charge >= 0.3 is 0 Å². The third-order valence-electron chi connectivity index (χ3n) is 3.54. The van der Waals surface area contributed by atoms with Crippen LogP contribution in [0.15, 0.2) is 30.5 Å². The molecule has 1 fully saturated rings. The highest BCUT2D eigenvalue weighted by Gasteiger charge is 2.22. The van der Waals surface area contributed by atoms with E-state index in [-0.39, 0.29) is 6.10 Å². The predicted octanol–water partition coefficient (Wildman–Crippen LogP) is 1.86. The van der Waals surface area contributed by atoms with Gasteiger partial charge in [-0.1, -0.05) is 0 Å². The van der Waals surface area contributed by atoms with Crippen LogP contribution in [0, 0.1) is 5.82 Å². The van der Waals surface area contributed by atoms with Crippen molar-refractivity contribution in [1.82, 2.24) is 9.97 Å². The van der Waals surface area contributed by atoms with Gasteiger partial charge in [-0.3, -0.25) is 0 Å². The van der Waals surface area contributed by atoms with Gasteiger partial charge in [0, 0.05) is 19.3 Å². The smallest absolute Gasteiger partial charge is 0.164 e. The van der Waals surface area contributed by atoms with Crippen molar-refractivity contribution in [2.75, 3.05) is 25.1 Å². The van der Waals surface area contributed by atoms with Gasteiger partial charge in [-0.2, -0.15) is 0 Å². The maximum Gasteiger partial charge on any atom is 0.164 e. The van der Waals surface area contributed by atoms with E-state index in [4.69, 9.17) is 4.74 Å². The molecule has 1 aromatic carbocycles. The van der Waals surface area contributed by atoms with Crippen molar-refractivity contribution in [3.63, 3.8) is 0 Å². The van der Waals surface area contributed by atoms with E-state index in [1.54, 1.807) is 24.4 Å². The molecule has 0 saturated carbocycles. The van der Waals surface area contributed by atoms with Gasteiger partial charge in [-0.15, -0.1) is 0 Å². The monoisotopic (exact) mass is 289 g/mol. The minimum Gasteiger partial charge on any atom is -0.497 e. The van der Waals surface area contributed by atoms with Crippen LogP contribution in [0.2, 0.25) is 0 Å². The topological polar surface area (TPSA) is 58.5 Å². The molecular formula is C15H16FN3O2. The summed E-state index contributed by atoms with van der Waals surface area (Å²) in [7, 11) is 1.53. The molecule has 0 spiro atoms. The van der Waals surface area contributed by atoms with E-state index >= 15 is 0 Å². The van der Waals surface area contributed by atoms with E-state index in [2.05, 4.69) is 9.97 Å². The lowest BCUT2D eigenvalue weighted by Crippen LogP contribution is -2.22. The van der Waals surface area contributed by atoms with E-state index in [0.717, 1.165) is 6.54 Å². The number of ether oxygens (including phenoxy) is 1. The maximum absolute atomic E-state index is 14.0. The molecule has 1 aliphatic heterocycles. The molecular weight excluding hydrogens is 273 g/mol. The minimum absolute atomic E-state index is 0.302. The lowest BCUT2D eigenvalue weighted by Gasteiger charge is -2.17. The zero-order chi connectivity index (χ0) is 14.8. The van der Waals surface area contributed by atoms with E-state index in [1.807, 2.05) is 4.90 Å². The number of aliphatic hydroxyl groups is 1. The highest BCUT2D eigenvalue weighted by atomic mass is 19.1. The second kappa shape index (κ2) is 5.65. The van der Waals surface area contributed by atoms with Gasteiger partial charge in [0.05, 0.1) is 18.8 Å². The van der Waals surface area contributed by atoms with Crippen molar-refractivity contribution in [2.24, 2.45) is 0 Å². The molecule has 0 radical (unpaired) electrons. The van der Waals surface area contributed by atoms with E-state index < -0.39 is 5.82 Å². The number of rotatable bonds is 3. The standard InChI is InChI=1S/C15H16FN3O2/c1-21-11-2-3-13(16)12(8-11)15-17-6-4-14(18-15)19-7-5-10(20)9-19/h2-4,6,8,10,20H,5,7,9H2,1H3. The van der Waals surface area contributed by atoms with Crippen molar-refractivity contribution < 1.29 is 14.2 Å². The largest absolute Gasteiger partial charge is 0.497 e. The third-order valence-corrected chi connectivity index (χ3v) is 3.54. The van der Waals surface area contributed by atoms with Crippen LogP contribution in [0.5, 0.6) is 5.75 Å². The lowest BCUT2D eigenvalue weighted by molar-refractivity contribution is 0.198. The van der Waals surface area contributed by atoms with Gasteiger partial charge in [0.25, 0.3) is 0 Å². The Morgan fingerprint density at radius 3 is 2.95 bits per heavy atom. The van der Waals surface area contributed by atoms with Gasteiger partial charge in [-0.25, -0.2) is 14.4 Å². The summed E-state index contributed by atoms with van der Waals surface area (Å²) in [5, 5.41) is 9.60. The van der Waals surface area contributed by atoms with Gasteiger partial charge in [0.1, 0.15) is 17.4 Å². The van der Waals surface area contributed by atoms with E-state index in [0.29, 0.717) is 35.9 Å². The number of nitrogens with zero attached hydrogens (tertiary/aromatic N) is 3. The van der Waals surface area contributed by atoms with Crippen LogP contribution >= 0.6 is 0 Å². The van der Waals surface area contributed by atoms with Gasteiger partial charge in [0.2, 0.25) is 0 Å². The molecule has 5 nitrogen and oxygen atoms in total. The van der Waals surface area contributed by atoms with Crippen molar-refractivity contribution in [2.45, 2.75) is 12.5 Å². The molecule has 1 aliphatic rings. The Hall–Kier alpha value is -2.21. The highest BCUT2D eigenvalue weighted by molar-refractivity contribution is 5.60. The molecule has 21 heavy (non-hydrogen) atoms. The minimum atomic E-state index is -0.394. The first kappa shape index (κ1) is 13.8. The number of aliphatic hydroxyl groups excluding tert-OH is 1. The first-order chi connectivity index (χ1) is 10.2. The molecule has 1 N–H and O–H groups in total. The fraction of sp³-hybridized carbons (Fsp3) is 0.333. The number of anilines is 1. The maximum atomic E-state index is 14.0. The number of halogens is 1. The van der Waals surface area contributed by atoms with E-state index in [1.165, 1.54) is 13.2 Å². The number of hydrogen-bond acceptors (Lipinski definition) is 5. The van der Waals surface area contributed by atoms with Crippen LogP contribution in [-0.4, -0.2) is 41.4 Å². The van der Waals surface area contributed by atoms with Gasteiger partial charge < -0.3 is 14.7 Å². The summed E-state index contributed by atoms with van der Waals surface area (Å²) < 4.78 is 19.1. The molecule has 0 amide bonds. The van der Waals surface area contributed by atoms with Crippen molar-refractivity contribution >= 4 is 5.82 Å². The van der Waals surface area contributed by atoms with Crippen LogP contribution in [-0.2, 0) is 0 Å². The summed E-state index contributed by atoms with van der Waals surface area (Å²) in [6.07, 6.45) is 1.98. The molecule has 1 aromatic heterocycles. The average molecular weight is 289 g/mol. The van der Waals surface area contributed by atoms with E-state index in [9.17, 15) is 9.50 Å². The predicted molar refractivity (Wildman–Crippen MR) is 76.8 cm³/mol. The van der Waals surface area contributed by atoms with Gasteiger partial charge in [0.15, 0.2) is 5.82 Å². The second-order valence-electron chi connectivity index (χ2n) is 4.97. The van der Waals surface area contributed by atoms with Crippen molar-refractivity contribution in [3.05, 3.63) is 36.3 Å². The normalized spacial score (nSPS) is 18.0. The Kier molecular flexibility index (Phi) is 3.70. The molecule has 2 heterocycles. The zero-order valence-electron chi connectivity index (χ0n) is 11.7. The number of methoxy groups -OCH3 is 1. The molecule has 3 rings (SSSR count). The number of aromatic nitrogens is 2. The lowest BCUT2D eigenvalue weighted by atomic mass is 10.2. The number of benzene rings is 1. The first-order valence-corrected chi connectivity index (χ1v) is 6.77. The Labute approximate surface area is 122 Å². The van der Waals surface area contributed by atoms with Gasteiger partial charge in [-0.05, 0) is 30.7 Å². The summed E-state index contributed by atoms with van der Waals surface area (Å²) in [4.78, 5) is 10.5. The summed E-state index contributed by atoms with van der Waals surface area (Å²) in [5.74, 6) is 1.16. The van der Waals surface area contributed by atoms with Crippen molar-refractivity contribution in [1.29, 1.82) is 0 Å². The Morgan fingerprint density at radius 2 is 2.24 bits per heavy atom. The molecule has 0 bridgehead atoms. The quantitative estimate of drug-likeness (QED) is 0.934. The molecule has 0 aliphatic carbocycles. The molecule has 2 aromatic rings. The molecule has 110 valence electrons. The van der Waals surface area contributed by atoms with Crippen LogP contribution in [0.25, 0.3) is 11.4 Å². The molecule has 1 saturated heterocycles. The Bertz CT molecular complexity index is 651. The highest BCUT2D eigenvalue weighted by Crippen LogP contribution is 2.26. The third kappa shape index (κ3) is 2.80. The Morgan fingerprint density at radius 1 is 1.38 bits per heavy atom. The Balaban J connectivity index is 1.96. The number of β-amino-alcohol motifs (C(OH)–C–C–N with tert-alkyl or cyclic N) is 1. The summed E-state index contributed by atoms with van der Waals surface area (Å²) in [6.45, 7) is 1.27. The summed E-state index contributed by atoms with van der Waals surface area (Å²) >= 11 is 0. The van der Waals surface area contributed by atoms with Crippen LogP contribution in [0.3, 0.4) is 0 Å². The SMILES string of the molecule is COc1ccc(F)c(-c2nccc(N3CCC(O)C3)n2)c1.